The van der Waals surface area contributed by atoms with E-state index in [4.69, 9.17) is 18.6 Å². The summed E-state index contributed by atoms with van der Waals surface area (Å²) in [7, 11) is -9.68. The van der Waals surface area contributed by atoms with Crippen molar-refractivity contribution in [2.45, 2.75) is 13.8 Å². The molecule has 0 aliphatic carbocycles. The lowest BCUT2D eigenvalue weighted by Gasteiger charge is -2.14. The van der Waals surface area contributed by atoms with Crippen molar-refractivity contribution >= 4 is 20.8 Å². The Hall–Kier alpha value is -1.76. The van der Waals surface area contributed by atoms with Crippen LogP contribution in [0.1, 0.15) is 13.8 Å². The molecule has 0 aromatic heterocycles. The van der Waals surface area contributed by atoms with E-state index in [0.717, 1.165) is 12.1 Å². The number of rotatable bonds is 8. The monoisotopic (exact) mass is 358 g/mol. The Balaban J connectivity index is 3.42. The van der Waals surface area contributed by atoms with E-state index < -0.39 is 32.3 Å². The van der Waals surface area contributed by atoms with Gasteiger partial charge in [-0.05, 0) is 13.8 Å². The Morgan fingerprint density at radius 3 is 1.32 bits per heavy atom. The summed E-state index contributed by atoms with van der Waals surface area (Å²) < 4.78 is 79.4. The molecule has 0 radical (unpaired) electrons. The van der Waals surface area contributed by atoms with Crippen LogP contribution in [0.4, 0.5) is 0 Å². The standard InChI is InChI=1S/C10H14O10S2/c1-3-17-7-5-10(20-22(14,15)16)8(18-4-2)6-9(7)19-21(11,12)13/h5-6H,3-4H2,1-2H3,(H,11,12,13)(H,14,15,16). The van der Waals surface area contributed by atoms with Crippen LogP contribution in [0.25, 0.3) is 0 Å². The van der Waals surface area contributed by atoms with Crippen molar-refractivity contribution in [3.63, 3.8) is 0 Å². The molecular weight excluding hydrogens is 344 g/mol. The van der Waals surface area contributed by atoms with Crippen LogP contribution in [0, 0.1) is 0 Å². The third kappa shape index (κ3) is 5.93. The fourth-order valence-corrected chi connectivity index (χ4v) is 2.13. The Bertz CT molecular complexity index is 659. The van der Waals surface area contributed by atoms with Crippen LogP contribution in [0.3, 0.4) is 0 Å². The second-order valence-electron chi connectivity index (χ2n) is 3.63. The second-order valence-corrected chi connectivity index (χ2v) is 5.68. The first-order valence-electron chi connectivity index (χ1n) is 5.83. The van der Waals surface area contributed by atoms with Gasteiger partial charge in [0.15, 0.2) is 23.0 Å². The first kappa shape index (κ1) is 18.3. The lowest BCUT2D eigenvalue weighted by molar-refractivity contribution is 0.302. The highest BCUT2D eigenvalue weighted by molar-refractivity contribution is 7.81. The average Bonchev–Trinajstić information content (AvgIpc) is 2.31. The molecule has 1 rings (SSSR count). The molecule has 0 heterocycles. The SMILES string of the molecule is CCOc1cc(OS(=O)(=O)O)c(OCC)cc1OS(=O)(=O)O. The van der Waals surface area contributed by atoms with Crippen LogP contribution >= 0.6 is 0 Å². The van der Waals surface area contributed by atoms with E-state index in [1.807, 2.05) is 0 Å². The molecule has 2 N–H and O–H groups in total. The zero-order chi connectivity index (χ0) is 17.0. The summed E-state index contributed by atoms with van der Waals surface area (Å²) in [6, 6.07) is 1.87. The summed E-state index contributed by atoms with van der Waals surface area (Å²) >= 11 is 0. The maximum atomic E-state index is 10.8. The van der Waals surface area contributed by atoms with Gasteiger partial charge in [-0.1, -0.05) is 0 Å². The van der Waals surface area contributed by atoms with Crippen molar-refractivity contribution < 1.29 is 43.8 Å². The van der Waals surface area contributed by atoms with Crippen molar-refractivity contribution in [1.29, 1.82) is 0 Å². The van der Waals surface area contributed by atoms with Gasteiger partial charge in [0.05, 0.1) is 13.2 Å². The van der Waals surface area contributed by atoms with Gasteiger partial charge in [0.1, 0.15) is 0 Å². The molecule has 12 heteroatoms. The Morgan fingerprint density at radius 1 is 0.773 bits per heavy atom. The predicted molar refractivity (Wildman–Crippen MR) is 73.1 cm³/mol. The largest absolute Gasteiger partial charge is 0.490 e. The molecule has 10 nitrogen and oxygen atoms in total. The van der Waals surface area contributed by atoms with Crippen LogP contribution in [0.2, 0.25) is 0 Å². The maximum absolute atomic E-state index is 10.8. The lowest BCUT2D eigenvalue weighted by atomic mass is 10.2. The van der Waals surface area contributed by atoms with Crippen molar-refractivity contribution in [3.05, 3.63) is 12.1 Å². The Morgan fingerprint density at radius 2 is 1.09 bits per heavy atom. The quantitative estimate of drug-likeness (QED) is 0.641. The van der Waals surface area contributed by atoms with Gasteiger partial charge in [0.2, 0.25) is 0 Å². The second kappa shape index (κ2) is 7.00. The first-order chi connectivity index (χ1) is 10.1. The van der Waals surface area contributed by atoms with E-state index in [1.165, 1.54) is 0 Å². The third-order valence-corrected chi connectivity index (χ3v) is 2.78. The van der Waals surface area contributed by atoms with E-state index in [2.05, 4.69) is 8.37 Å². The van der Waals surface area contributed by atoms with Crippen molar-refractivity contribution in [3.8, 4) is 23.0 Å². The smallest absolute Gasteiger partial charge is 0.446 e. The maximum Gasteiger partial charge on any atom is 0.446 e. The molecule has 0 amide bonds. The topological polar surface area (TPSA) is 146 Å². The van der Waals surface area contributed by atoms with Gasteiger partial charge in [0.25, 0.3) is 0 Å². The first-order valence-corrected chi connectivity index (χ1v) is 8.56. The van der Waals surface area contributed by atoms with Crippen molar-refractivity contribution in [1.82, 2.24) is 0 Å². The minimum Gasteiger partial charge on any atom is -0.490 e. The normalized spacial score (nSPS) is 11.8. The molecule has 0 fully saturated rings. The Kier molecular flexibility index (Phi) is 5.82. The highest BCUT2D eigenvalue weighted by Gasteiger charge is 2.21. The molecule has 0 bridgehead atoms. The predicted octanol–water partition coefficient (Wildman–Crippen LogP) is 0.847. The summed E-state index contributed by atoms with van der Waals surface area (Å²) in [5.74, 6) is -1.39. The average molecular weight is 358 g/mol. The van der Waals surface area contributed by atoms with Gasteiger partial charge < -0.3 is 17.8 Å². The molecule has 0 aliphatic rings. The number of ether oxygens (including phenoxy) is 2. The van der Waals surface area contributed by atoms with Gasteiger partial charge in [-0.25, -0.2) is 0 Å². The summed E-state index contributed by atoms with van der Waals surface area (Å²) in [5.41, 5.74) is 0. The van der Waals surface area contributed by atoms with E-state index in [-0.39, 0.29) is 24.7 Å². The Labute approximate surface area is 127 Å². The van der Waals surface area contributed by atoms with Crippen LogP contribution in [0.5, 0.6) is 23.0 Å². The van der Waals surface area contributed by atoms with Gasteiger partial charge in [-0.3, -0.25) is 9.11 Å². The number of hydrogen-bond donors (Lipinski definition) is 2. The van der Waals surface area contributed by atoms with Crippen LogP contribution in [0.15, 0.2) is 12.1 Å². The van der Waals surface area contributed by atoms with E-state index in [1.54, 1.807) is 13.8 Å². The fourth-order valence-electron chi connectivity index (χ4n) is 1.42. The molecule has 0 unspecified atom stereocenters. The zero-order valence-electron chi connectivity index (χ0n) is 11.5. The molecule has 1 aromatic rings. The molecule has 0 atom stereocenters. The molecule has 0 spiro atoms. The molecule has 22 heavy (non-hydrogen) atoms. The summed E-state index contributed by atoms with van der Waals surface area (Å²) in [6.07, 6.45) is 0. The van der Waals surface area contributed by atoms with Crippen molar-refractivity contribution in [2.75, 3.05) is 13.2 Å². The molecule has 0 saturated carbocycles. The third-order valence-electron chi connectivity index (χ3n) is 2.00. The molecule has 1 aromatic carbocycles. The van der Waals surface area contributed by atoms with Crippen molar-refractivity contribution in [2.24, 2.45) is 0 Å². The lowest BCUT2D eigenvalue weighted by Crippen LogP contribution is -2.11. The van der Waals surface area contributed by atoms with Gasteiger partial charge >= 0.3 is 20.8 Å². The molecule has 126 valence electrons. The zero-order valence-corrected chi connectivity index (χ0v) is 13.2. The van der Waals surface area contributed by atoms with Gasteiger partial charge in [0, 0.05) is 12.1 Å². The van der Waals surface area contributed by atoms with Crippen LogP contribution in [-0.4, -0.2) is 39.2 Å². The fraction of sp³-hybridized carbons (Fsp3) is 0.400. The van der Waals surface area contributed by atoms with Crippen LogP contribution < -0.4 is 17.8 Å². The highest BCUT2D eigenvalue weighted by atomic mass is 32.3. The minimum absolute atomic E-state index is 0.0706. The molecular formula is C10H14O10S2. The van der Waals surface area contributed by atoms with Gasteiger partial charge in [-0.15, -0.1) is 0 Å². The molecule has 0 saturated heterocycles. The summed E-state index contributed by atoms with van der Waals surface area (Å²) in [5, 5.41) is 0. The van der Waals surface area contributed by atoms with E-state index in [0.29, 0.717) is 0 Å². The van der Waals surface area contributed by atoms with Crippen LogP contribution in [-0.2, 0) is 20.8 Å². The van der Waals surface area contributed by atoms with Gasteiger partial charge in [-0.2, -0.15) is 16.8 Å². The molecule has 0 aliphatic heterocycles. The van der Waals surface area contributed by atoms with E-state index in [9.17, 15) is 16.8 Å². The highest BCUT2D eigenvalue weighted by Crippen LogP contribution is 2.40. The summed E-state index contributed by atoms with van der Waals surface area (Å²) in [6.45, 7) is 3.27. The van der Waals surface area contributed by atoms with E-state index >= 15 is 0 Å². The summed E-state index contributed by atoms with van der Waals surface area (Å²) in [4.78, 5) is 0. The number of benzene rings is 1. The minimum atomic E-state index is -4.84. The number of hydrogen-bond acceptors (Lipinski definition) is 8.